The van der Waals surface area contributed by atoms with Crippen LogP contribution in [0.4, 0.5) is 0 Å². The summed E-state index contributed by atoms with van der Waals surface area (Å²) in [5.41, 5.74) is 7.92. The minimum Gasteiger partial charge on any atom is -0.324 e. The Bertz CT molecular complexity index is 569. The molecule has 2 N–H and O–H groups in total. The van der Waals surface area contributed by atoms with Gasteiger partial charge in [0.05, 0.1) is 0 Å². The average Bonchev–Trinajstić information content (AvgIpc) is 2.84. The van der Waals surface area contributed by atoms with E-state index in [9.17, 15) is 0 Å². The fraction of sp³-hybridized carbons (Fsp3) is 0.500. The van der Waals surface area contributed by atoms with Crippen LogP contribution in [0, 0.1) is 11.8 Å². The predicted molar refractivity (Wildman–Crippen MR) is 87.6 cm³/mol. The number of thiophene rings is 1. The summed E-state index contributed by atoms with van der Waals surface area (Å²) < 4.78 is 2.52. The van der Waals surface area contributed by atoms with Gasteiger partial charge in [-0.25, -0.2) is 0 Å². The monoisotopic (exact) mass is 337 g/mol. The Morgan fingerprint density at radius 3 is 2.74 bits per heavy atom. The van der Waals surface area contributed by atoms with Crippen LogP contribution in [0.1, 0.15) is 44.2 Å². The van der Waals surface area contributed by atoms with Gasteiger partial charge in [0.25, 0.3) is 0 Å². The fourth-order valence-electron chi connectivity index (χ4n) is 3.20. The molecule has 1 saturated carbocycles. The average molecular weight is 338 g/mol. The van der Waals surface area contributed by atoms with Gasteiger partial charge in [-0.15, -0.1) is 11.3 Å². The van der Waals surface area contributed by atoms with Gasteiger partial charge in [-0.3, -0.25) is 0 Å². The van der Waals surface area contributed by atoms with E-state index in [1.807, 2.05) is 0 Å². The number of halogens is 1. The van der Waals surface area contributed by atoms with Crippen molar-refractivity contribution in [1.82, 2.24) is 0 Å². The number of hydrogen-bond acceptors (Lipinski definition) is 2. The first-order valence-corrected chi connectivity index (χ1v) is 8.75. The highest BCUT2D eigenvalue weighted by Gasteiger charge is 2.26. The second kappa shape index (κ2) is 5.55. The van der Waals surface area contributed by atoms with Crippen molar-refractivity contribution in [2.75, 3.05) is 0 Å². The number of fused-ring (bicyclic) bond motifs is 1. The van der Waals surface area contributed by atoms with Crippen molar-refractivity contribution in [1.29, 1.82) is 0 Å². The summed E-state index contributed by atoms with van der Waals surface area (Å²) in [6.45, 7) is 2.36. The highest BCUT2D eigenvalue weighted by molar-refractivity contribution is 9.10. The Hall–Kier alpha value is -0.380. The van der Waals surface area contributed by atoms with Crippen molar-refractivity contribution in [3.05, 3.63) is 33.6 Å². The summed E-state index contributed by atoms with van der Waals surface area (Å²) in [7, 11) is 0. The smallest absolute Gasteiger partial charge is 0.0488 e. The highest BCUT2D eigenvalue weighted by atomic mass is 79.9. The molecular weight excluding hydrogens is 318 g/mol. The van der Waals surface area contributed by atoms with E-state index in [-0.39, 0.29) is 6.04 Å². The summed E-state index contributed by atoms with van der Waals surface area (Å²) in [6, 6.07) is 6.63. The molecule has 0 saturated heterocycles. The highest BCUT2D eigenvalue weighted by Crippen LogP contribution is 2.40. The van der Waals surface area contributed by atoms with E-state index in [1.54, 1.807) is 11.3 Å². The molecule has 2 aromatic rings. The number of hydrogen-bond donors (Lipinski definition) is 1. The maximum absolute atomic E-state index is 6.57. The van der Waals surface area contributed by atoms with Crippen molar-refractivity contribution < 1.29 is 0 Å². The van der Waals surface area contributed by atoms with E-state index < -0.39 is 0 Å². The summed E-state index contributed by atoms with van der Waals surface area (Å²) >= 11 is 5.44. The lowest BCUT2D eigenvalue weighted by Gasteiger charge is -2.30. The molecule has 0 amide bonds. The van der Waals surface area contributed by atoms with Crippen molar-refractivity contribution in [3.63, 3.8) is 0 Å². The van der Waals surface area contributed by atoms with Crippen LogP contribution in [0.5, 0.6) is 0 Å². The third-order valence-corrected chi connectivity index (χ3v) is 6.48. The molecule has 0 spiro atoms. The second-order valence-electron chi connectivity index (χ2n) is 5.85. The molecule has 102 valence electrons. The second-order valence-corrected chi connectivity index (χ2v) is 7.59. The van der Waals surface area contributed by atoms with Gasteiger partial charge in [-0.05, 0) is 63.0 Å². The van der Waals surface area contributed by atoms with E-state index in [4.69, 9.17) is 5.73 Å². The van der Waals surface area contributed by atoms with Gasteiger partial charge >= 0.3 is 0 Å². The molecule has 1 atom stereocenters. The van der Waals surface area contributed by atoms with E-state index in [1.165, 1.54) is 45.8 Å². The first-order valence-electron chi connectivity index (χ1n) is 7.08. The number of nitrogens with two attached hydrogens (primary N) is 1. The maximum atomic E-state index is 6.57. The van der Waals surface area contributed by atoms with Crippen molar-refractivity contribution in [2.24, 2.45) is 17.6 Å². The summed E-state index contributed by atoms with van der Waals surface area (Å²) in [4.78, 5) is 0. The van der Waals surface area contributed by atoms with Crippen LogP contribution >= 0.6 is 27.3 Å². The maximum Gasteiger partial charge on any atom is 0.0488 e. The molecule has 3 heteroatoms. The molecule has 1 unspecified atom stereocenters. The molecule has 1 aromatic carbocycles. The molecule has 19 heavy (non-hydrogen) atoms. The Morgan fingerprint density at radius 2 is 2.00 bits per heavy atom. The van der Waals surface area contributed by atoms with E-state index >= 15 is 0 Å². The first-order chi connectivity index (χ1) is 9.16. The fourth-order valence-corrected chi connectivity index (χ4v) is 4.87. The molecule has 1 heterocycles. The van der Waals surface area contributed by atoms with Crippen LogP contribution in [0.15, 0.2) is 28.1 Å². The van der Waals surface area contributed by atoms with Crippen LogP contribution in [0.25, 0.3) is 10.1 Å². The Morgan fingerprint density at radius 1 is 1.26 bits per heavy atom. The van der Waals surface area contributed by atoms with Gasteiger partial charge < -0.3 is 5.73 Å². The standard InChI is InChI=1S/C16H20BrNS/c1-10-5-7-11(8-6-10)15(18)13-9-19-16-12(13)3-2-4-14(16)17/h2-4,9-11,15H,5-8,18H2,1H3. The van der Waals surface area contributed by atoms with Gasteiger partial charge in [0.15, 0.2) is 0 Å². The van der Waals surface area contributed by atoms with Gasteiger partial charge in [-0.2, -0.15) is 0 Å². The van der Waals surface area contributed by atoms with Crippen molar-refractivity contribution in [2.45, 2.75) is 38.6 Å². The molecule has 1 fully saturated rings. The molecule has 1 nitrogen and oxygen atoms in total. The van der Waals surface area contributed by atoms with E-state index in [2.05, 4.69) is 46.4 Å². The lowest BCUT2D eigenvalue weighted by molar-refractivity contribution is 0.257. The topological polar surface area (TPSA) is 26.0 Å². The molecule has 3 rings (SSSR count). The largest absolute Gasteiger partial charge is 0.324 e. The van der Waals surface area contributed by atoms with Gasteiger partial charge in [0, 0.05) is 15.2 Å². The SMILES string of the molecule is CC1CCC(C(N)c2csc3c(Br)cccc23)CC1. The van der Waals surface area contributed by atoms with Crippen molar-refractivity contribution >= 4 is 37.4 Å². The lowest BCUT2D eigenvalue weighted by Crippen LogP contribution is -2.25. The third kappa shape index (κ3) is 2.61. The molecular formula is C16H20BrNS. The normalized spacial score (nSPS) is 25.6. The van der Waals surface area contributed by atoms with Gasteiger partial charge in [0.2, 0.25) is 0 Å². The predicted octanol–water partition coefficient (Wildman–Crippen LogP) is 5.49. The van der Waals surface area contributed by atoms with E-state index in [0.717, 1.165) is 5.92 Å². The van der Waals surface area contributed by atoms with Gasteiger partial charge in [-0.1, -0.05) is 31.9 Å². The molecule has 0 bridgehead atoms. The molecule has 0 radical (unpaired) electrons. The Labute approximate surface area is 127 Å². The lowest BCUT2D eigenvalue weighted by atomic mass is 9.77. The van der Waals surface area contributed by atoms with Crippen LogP contribution in [-0.4, -0.2) is 0 Å². The Balaban J connectivity index is 1.89. The number of benzene rings is 1. The van der Waals surface area contributed by atoms with Crippen LogP contribution < -0.4 is 5.73 Å². The first kappa shape index (κ1) is 13.6. The number of rotatable bonds is 2. The molecule has 1 aromatic heterocycles. The summed E-state index contributed by atoms with van der Waals surface area (Å²) in [5, 5.41) is 3.60. The van der Waals surface area contributed by atoms with E-state index in [0.29, 0.717) is 5.92 Å². The minimum absolute atomic E-state index is 0.204. The van der Waals surface area contributed by atoms with Crippen molar-refractivity contribution in [3.8, 4) is 0 Å². The molecule has 1 aliphatic rings. The summed E-state index contributed by atoms with van der Waals surface area (Å²) in [6.07, 6.45) is 5.25. The zero-order valence-corrected chi connectivity index (χ0v) is 13.6. The quantitative estimate of drug-likeness (QED) is 0.770. The molecule has 1 aliphatic carbocycles. The van der Waals surface area contributed by atoms with Crippen LogP contribution in [0.3, 0.4) is 0 Å². The van der Waals surface area contributed by atoms with Crippen LogP contribution in [0.2, 0.25) is 0 Å². The Kier molecular flexibility index (Phi) is 3.97. The summed E-state index contributed by atoms with van der Waals surface area (Å²) in [5.74, 6) is 1.55. The van der Waals surface area contributed by atoms with Gasteiger partial charge in [0.1, 0.15) is 0 Å². The zero-order chi connectivity index (χ0) is 13.4. The molecule has 0 aliphatic heterocycles. The minimum atomic E-state index is 0.204. The third-order valence-electron chi connectivity index (χ3n) is 4.51. The van der Waals surface area contributed by atoms with Crippen LogP contribution in [-0.2, 0) is 0 Å². The zero-order valence-electron chi connectivity index (χ0n) is 11.2.